The average molecular weight is 1330 g/mol. The van der Waals surface area contributed by atoms with Crippen LogP contribution in [0.1, 0.15) is 33.4 Å². The SMILES string of the molecule is N#Cc1cc(C#N)c(-c2ccc3c(c2)c2ccccc2n3-c2cc(-c3cccc(-c4cc(-c5nc(-c6ccccc6)nc(-c6ccccc6)n5)cc(-n5c6ccccc6c6cc(-c7c(C#N)cc(C#N)cc7C#N)ccc65)c4)c3)cc(-c3nc(-c4ccccc4)nc(-c4ccccc4)n3)c2)c(C#N)c1. The first-order chi connectivity index (χ1) is 51.2. The van der Waals surface area contributed by atoms with Crippen molar-refractivity contribution in [3.63, 3.8) is 0 Å². The van der Waals surface area contributed by atoms with Gasteiger partial charge in [-0.3, -0.25) is 0 Å². The normalized spacial score (nSPS) is 11.0. The van der Waals surface area contributed by atoms with Crippen molar-refractivity contribution in [3.8, 4) is 161 Å². The highest BCUT2D eigenvalue weighted by molar-refractivity contribution is 6.12. The summed E-state index contributed by atoms with van der Waals surface area (Å²) in [5.41, 5.74) is 16.8. The Hall–Kier alpha value is -15.6. The molecule has 0 saturated carbocycles. The Bertz CT molecular complexity index is 6090. The molecule has 0 atom stereocenters. The van der Waals surface area contributed by atoms with E-state index in [4.69, 9.17) is 29.9 Å². The van der Waals surface area contributed by atoms with Gasteiger partial charge < -0.3 is 9.13 Å². The Labute approximate surface area is 596 Å². The molecule has 0 amide bonds. The van der Waals surface area contributed by atoms with E-state index in [2.05, 4.69) is 130 Å². The predicted molar refractivity (Wildman–Crippen MR) is 405 cm³/mol. The zero-order valence-electron chi connectivity index (χ0n) is 55.0. The van der Waals surface area contributed by atoms with Crippen molar-refractivity contribution in [2.45, 2.75) is 0 Å². The second kappa shape index (κ2) is 26.0. The minimum Gasteiger partial charge on any atom is -0.309 e. The van der Waals surface area contributed by atoms with Crippen LogP contribution >= 0.6 is 0 Å². The number of para-hydroxylation sites is 2. The van der Waals surface area contributed by atoms with Gasteiger partial charge in [0.2, 0.25) is 0 Å². The number of nitriles is 6. The van der Waals surface area contributed by atoms with E-state index in [1.807, 2.05) is 182 Å². The summed E-state index contributed by atoms with van der Waals surface area (Å²) in [6.07, 6.45) is 0. The molecule has 17 rings (SSSR count). The van der Waals surface area contributed by atoms with Crippen LogP contribution in [-0.4, -0.2) is 39.0 Å². The van der Waals surface area contributed by atoms with Crippen LogP contribution in [0.2, 0.25) is 0 Å². The fourth-order valence-corrected chi connectivity index (χ4v) is 14.0. The summed E-state index contributed by atoms with van der Waals surface area (Å²) >= 11 is 0. The van der Waals surface area contributed by atoms with Crippen LogP contribution in [0.3, 0.4) is 0 Å². The molecule has 17 aromatic rings. The van der Waals surface area contributed by atoms with Crippen molar-refractivity contribution >= 4 is 43.6 Å². The zero-order chi connectivity index (χ0) is 70.4. The van der Waals surface area contributed by atoms with Gasteiger partial charge in [-0.1, -0.05) is 188 Å². The molecule has 4 heterocycles. The molecule has 13 aromatic carbocycles. The molecule has 478 valence electrons. The van der Waals surface area contributed by atoms with E-state index >= 15 is 0 Å². The molecule has 0 aliphatic heterocycles. The quantitative estimate of drug-likeness (QED) is 0.111. The van der Waals surface area contributed by atoms with Crippen LogP contribution < -0.4 is 0 Å². The van der Waals surface area contributed by atoms with Gasteiger partial charge in [0.1, 0.15) is 0 Å². The van der Waals surface area contributed by atoms with Crippen LogP contribution in [0.4, 0.5) is 0 Å². The minimum absolute atomic E-state index is 0.226. The maximum Gasteiger partial charge on any atom is 0.164 e. The van der Waals surface area contributed by atoms with E-state index in [0.29, 0.717) is 68.3 Å². The first kappa shape index (κ1) is 62.0. The first-order valence-electron chi connectivity index (χ1n) is 33.2. The lowest BCUT2D eigenvalue weighted by Crippen LogP contribution is -2.02. The van der Waals surface area contributed by atoms with E-state index < -0.39 is 0 Å². The first-order valence-corrected chi connectivity index (χ1v) is 33.2. The number of aromatic nitrogens is 8. The Kier molecular flexibility index (Phi) is 15.5. The minimum atomic E-state index is 0.226. The monoisotopic (exact) mass is 1320 g/mol. The van der Waals surface area contributed by atoms with Crippen molar-refractivity contribution in [2.24, 2.45) is 0 Å². The number of fused-ring (bicyclic) bond motifs is 6. The van der Waals surface area contributed by atoms with E-state index in [1.165, 1.54) is 24.3 Å². The molecule has 0 radical (unpaired) electrons. The molecule has 104 heavy (non-hydrogen) atoms. The lowest BCUT2D eigenvalue weighted by atomic mass is 9.92. The third-order valence-corrected chi connectivity index (χ3v) is 18.7. The molecule has 0 aliphatic carbocycles. The van der Waals surface area contributed by atoms with Gasteiger partial charge in [0.05, 0.1) is 91.9 Å². The largest absolute Gasteiger partial charge is 0.309 e. The number of nitrogens with zero attached hydrogens (tertiary/aromatic N) is 14. The Morgan fingerprint density at radius 3 is 0.808 bits per heavy atom. The standard InChI is InChI=1S/C90H48N14/c91-49-55-36-69(51-93)83(70(37-55)52-94)63-32-34-81-77(47-63)75-28-13-15-30-79(75)103(81)73-43-65(41-67(45-73)89-99-85(57-18-5-1-6-19-57)97-86(100-89)58-20-7-2-8-21-58)61-26-17-27-62(40-61)66-42-68(90-101-87(59-22-9-3-10-23-59)98-88(102-90)60-24-11-4-12-25-60)46-74(44-66)104-80-31-16-14-29-76(80)78-48-64(33-35-82(78)104)84-71(53-95)38-56(50-92)39-72(84)54-96/h1-48H. The molecule has 0 spiro atoms. The van der Waals surface area contributed by atoms with Crippen LogP contribution in [0.15, 0.2) is 291 Å². The van der Waals surface area contributed by atoms with Gasteiger partial charge in [0, 0.05) is 77.4 Å². The maximum absolute atomic E-state index is 10.5. The second-order valence-corrected chi connectivity index (χ2v) is 24.9. The van der Waals surface area contributed by atoms with Crippen molar-refractivity contribution < 1.29 is 0 Å². The molecule has 0 fully saturated rings. The molecule has 0 N–H and O–H groups in total. The molecule has 0 unspecified atom stereocenters. The van der Waals surface area contributed by atoms with Crippen molar-refractivity contribution in [1.82, 2.24) is 39.0 Å². The molecule has 14 nitrogen and oxygen atoms in total. The molecule has 14 heteroatoms. The summed E-state index contributed by atoms with van der Waals surface area (Å²) in [5.74, 6) is 2.89. The molecule has 4 aromatic heterocycles. The van der Waals surface area contributed by atoms with Crippen LogP contribution in [0.25, 0.3) is 168 Å². The van der Waals surface area contributed by atoms with Gasteiger partial charge in [-0.25, -0.2) is 29.9 Å². The number of benzene rings is 13. The van der Waals surface area contributed by atoms with Gasteiger partial charge in [-0.2, -0.15) is 31.6 Å². The average Bonchev–Trinajstić information content (AvgIpc) is 1.57. The Balaban J connectivity index is 0.899. The van der Waals surface area contributed by atoms with Crippen LogP contribution in [0.5, 0.6) is 0 Å². The Morgan fingerprint density at radius 2 is 0.481 bits per heavy atom. The van der Waals surface area contributed by atoms with Gasteiger partial charge in [-0.15, -0.1) is 0 Å². The summed E-state index contributed by atoms with van der Waals surface area (Å²) in [6.45, 7) is 0. The molecular formula is C90H48N14. The second-order valence-electron chi connectivity index (χ2n) is 24.9. The van der Waals surface area contributed by atoms with E-state index in [9.17, 15) is 31.6 Å². The highest BCUT2D eigenvalue weighted by Gasteiger charge is 2.24. The summed E-state index contributed by atoms with van der Waals surface area (Å²) in [4.78, 5) is 31.3. The molecule has 0 saturated heterocycles. The maximum atomic E-state index is 10.5. The van der Waals surface area contributed by atoms with Gasteiger partial charge in [0.25, 0.3) is 0 Å². The molecule has 0 aliphatic rings. The highest BCUT2D eigenvalue weighted by atomic mass is 15.1. The smallest absolute Gasteiger partial charge is 0.164 e. The molecule has 0 bridgehead atoms. The molecular weight excluding hydrogens is 1280 g/mol. The zero-order valence-corrected chi connectivity index (χ0v) is 55.0. The van der Waals surface area contributed by atoms with Crippen LogP contribution in [-0.2, 0) is 0 Å². The summed E-state index contributed by atoms with van der Waals surface area (Å²) in [7, 11) is 0. The van der Waals surface area contributed by atoms with Crippen molar-refractivity contribution in [1.29, 1.82) is 31.6 Å². The van der Waals surface area contributed by atoms with Gasteiger partial charge in [-0.05, 0) is 137 Å². The summed E-state index contributed by atoms with van der Waals surface area (Å²) in [5, 5.41) is 65.3. The van der Waals surface area contributed by atoms with Crippen molar-refractivity contribution in [2.75, 3.05) is 0 Å². The van der Waals surface area contributed by atoms with E-state index in [0.717, 1.165) is 99.5 Å². The Morgan fingerprint density at radius 1 is 0.202 bits per heavy atom. The van der Waals surface area contributed by atoms with Gasteiger partial charge >= 0.3 is 0 Å². The lowest BCUT2D eigenvalue weighted by molar-refractivity contribution is 1.07. The summed E-state index contributed by atoms with van der Waals surface area (Å²) in [6, 6.07) is 108. The van der Waals surface area contributed by atoms with E-state index in [1.54, 1.807) is 0 Å². The third kappa shape index (κ3) is 11.1. The van der Waals surface area contributed by atoms with Crippen molar-refractivity contribution in [3.05, 3.63) is 325 Å². The summed E-state index contributed by atoms with van der Waals surface area (Å²) < 4.78 is 4.44. The van der Waals surface area contributed by atoms with Crippen LogP contribution in [0, 0.1) is 68.0 Å². The number of hydrogen-bond acceptors (Lipinski definition) is 12. The lowest BCUT2D eigenvalue weighted by Gasteiger charge is -2.16. The van der Waals surface area contributed by atoms with Gasteiger partial charge in [0.15, 0.2) is 34.9 Å². The number of rotatable bonds is 12. The number of hydrogen-bond donors (Lipinski definition) is 0. The fourth-order valence-electron chi connectivity index (χ4n) is 14.0. The highest BCUT2D eigenvalue weighted by Crippen LogP contribution is 2.43. The van der Waals surface area contributed by atoms with E-state index in [-0.39, 0.29) is 33.4 Å². The third-order valence-electron chi connectivity index (χ3n) is 18.7. The topological polar surface area (TPSA) is 230 Å². The predicted octanol–water partition coefficient (Wildman–Crippen LogP) is 20.2. The fraction of sp³-hybridized carbons (Fsp3) is 0.